The third-order valence-electron chi connectivity index (χ3n) is 1.39. The van der Waals surface area contributed by atoms with Gasteiger partial charge in [-0.3, -0.25) is 10.1 Å². The van der Waals surface area contributed by atoms with Gasteiger partial charge in [0, 0.05) is 18.4 Å². The highest BCUT2D eigenvalue weighted by molar-refractivity contribution is 6.18. The minimum atomic E-state index is -0.497. The van der Waals surface area contributed by atoms with Gasteiger partial charge in [-0.15, -0.1) is 11.6 Å². The Balaban J connectivity index is 2.75. The molecule has 0 bridgehead atoms. The fraction of sp³-hybridized carbons (Fsp3) is 0.222. The third-order valence-corrected chi connectivity index (χ3v) is 1.58. The van der Waals surface area contributed by atoms with Gasteiger partial charge in [0.2, 0.25) is 0 Å². The van der Waals surface area contributed by atoms with Gasteiger partial charge in [0.05, 0.1) is 4.92 Å². The van der Waals surface area contributed by atoms with Crippen molar-refractivity contribution in [3.8, 4) is 11.8 Å². The molecule has 1 aromatic heterocycles. The molecular formula is C9H7ClN2O2. The zero-order valence-electron chi connectivity index (χ0n) is 7.24. The second-order valence-corrected chi connectivity index (χ2v) is 2.78. The molecule has 0 amide bonds. The molecule has 0 saturated heterocycles. The molecule has 1 rings (SSSR count). The highest BCUT2D eigenvalue weighted by atomic mass is 35.5. The topological polar surface area (TPSA) is 56.0 Å². The summed E-state index contributed by atoms with van der Waals surface area (Å²) in [5, 5.41) is 10.3. The third kappa shape index (κ3) is 3.04. The predicted octanol–water partition coefficient (Wildman–Crippen LogP) is 1.97. The normalized spacial score (nSPS) is 8.93. The van der Waals surface area contributed by atoms with E-state index < -0.39 is 4.92 Å². The van der Waals surface area contributed by atoms with Crippen LogP contribution >= 0.6 is 11.6 Å². The van der Waals surface area contributed by atoms with Crippen molar-refractivity contribution in [2.75, 3.05) is 5.88 Å². The molecule has 0 radical (unpaired) electrons. The lowest BCUT2D eigenvalue weighted by Gasteiger charge is -1.89. The summed E-state index contributed by atoms with van der Waals surface area (Å²) in [6.07, 6.45) is 1.77. The van der Waals surface area contributed by atoms with Crippen molar-refractivity contribution in [2.24, 2.45) is 0 Å². The molecule has 0 aromatic carbocycles. The SMILES string of the molecule is O=[N+]([O-])c1ccc(C#CCCCl)nc1. The van der Waals surface area contributed by atoms with E-state index in [0.29, 0.717) is 18.0 Å². The van der Waals surface area contributed by atoms with Crippen molar-refractivity contribution in [3.63, 3.8) is 0 Å². The molecule has 1 aromatic rings. The van der Waals surface area contributed by atoms with Gasteiger partial charge >= 0.3 is 0 Å². The number of nitrogens with zero attached hydrogens (tertiary/aromatic N) is 2. The first-order valence-corrected chi connectivity index (χ1v) is 4.43. The Bertz CT molecular complexity index is 378. The molecule has 0 N–H and O–H groups in total. The van der Waals surface area contributed by atoms with Crippen molar-refractivity contribution in [2.45, 2.75) is 6.42 Å². The summed E-state index contributed by atoms with van der Waals surface area (Å²) in [5.41, 5.74) is 0.480. The summed E-state index contributed by atoms with van der Waals surface area (Å²) in [4.78, 5) is 13.6. The van der Waals surface area contributed by atoms with E-state index in [1.807, 2.05) is 0 Å². The van der Waals surface area contributed by atoms with Crippen LogP contribution in [0.1, 0.15) is 12.1 Å². The maximum atomic E-state index is 10.3. The van der Waals surface area contributed by atoms with Crippen LogP contribution in [-0.2, 0) is 0 Å². The maximum absolute atomic E-state index is 10.3. The summed E-state index contributed by atoms with van der Waals surface area (Å²) in [6, 6.07) is 2.89. The Morgan fingerprint density at radius 1 is 1.57 bits per heavy atom. The summed E-state index contributed by atoms with van der Waals surface area (Å²) in [6.45, 7) is 0. The number of alkyl halides is 1. The van der Waals surface area contributed by atoms with Crippen molar-refractivity contribution >= 4 is 17.3 Å². The first kappa shape index (κ1) is 10.5. The standard InChI is InChI=1S/C9H7ClN2O2/c10-6-2-1-3-8-4-5-9(7-11-8)12(13)14/h4-5,7H,2,6H2. The van der Waals surface area contributed by atoms with E-state index in [2.05, 4.69) is 16.8 Å². The van der Waals surface area contributed by atoms with Crippen LogP contribution in [-0.4, -0.2) is 15.8 Å². The molecule has 72 valence electrons. The molecule has 0 fully saturated rings. The number of rotatable bonds is 2. The zero-order valence-corrected chi connectivity index (χ0v) is 7.99. The van der Waals surface area contributed by atoms with E-state index >= 15 is 0 Å². The van der Waals surface area contributed by atoms with Gasteiger partial charge in [-0.05, 0) is 12.0 Å². The van der Waals surface area contributed by atoms with Crippen LogP contribution in [0.4, 0.5) is 5.69 Å². The van der Waals surface area contributed by atoms with Gasteiger partial charge in [-0.2, -0.15) is 0 Å². The molecule has 0 aliphatic rings. The van der Waals surface area contributed by atoms with E-state index in [9.17, 15) is 10.1 Å². The second kappa shape index (κ2) is 5.20. The van der Waals surface area contributed by atoms with Crippen LogP contribution in [0.15, 0.2) is 18.3 Å². The Morgan fingerprint density at radius 2 is 2.36 bits per heavy atom. The second-order valence-electron chi connectivity index (χ2n) is 2.40. The number of hydrogen-bond acceptors (Lipinski definition) is 3. The average Bonchev–Trinajstić information content (AvgIpc) is 2.19. The first-order valence-electron chi connectivity index (χ1n) is 3.89. The summed E-state index contributed by atoms with van der Waals surface area (Å²) in [5.74, 6) is 6.00. The predicted molar refractivity (Wildman–Crippen MR) is 53.1 cm³/mol. The molecule has 0 aliphatic heterocycles. The van der Waals surface area contributed by atoms with E-state index in [-0.39, 0.29) is 5.69 Å². The summed E-state index contributed by atoms with van der Waals surface area (Å²) >= 11 is 5.42. The Labute approximate surface area is 86.1 Å². The zero-order chi connectivity index (χ0) is 10.4. The van der Waals surface area contributed by atoms with Crippen molar-refractivity contribution < 1.29 is 4.92 Å². The van der Waals surface area contributed by atoms with Crippen molar-refractivity contribution in [3.05, 3.63) is 34.1 Å². The number of nitro groups is 1. The molecule has 0 aliphatic carbocycles. The lowest BCUT2D eigenvalue weighted by molar-refractivity contribution is -0.385. The van der Waals surface area contributed by atoms with E-state index in [1.54, 1.807) is 0 Å². The molecule has 0 atom stereocenters. The first-order chi connectivity index (χ1) is 6.74. The molecule has 1 heterocycles. The Hall–Kier alpha value is -1.60. The lowest BCUT2D eigenvalue weighted by atomic mass is 10.3. The quantitative estimate of drug-likeness (QED) is 0.325. The fourth-order valence-electron chi connectivity index (χ4n) is 0.768. The smallest absolute Gasteiger partial charge is 0.258 e. The number of halogens is 1. The van der Waals surface area contributed by atoms with Gasteiger partial charge in [-0.25, -0.2) is 4.98 Å². The fourth-order valence-corrected chi connectivity index (χ4v) is 0.863. The van der Waals surface area contributed by atoms with E-state index in [4.69, 9.17) is 11.6 Å². The van der Waals surface area contributed by atoms with Gasteiger partial charge < -0.3 is 0 Å². The highest BCUT2D eigenvalue weighted by Gasteiger charge is 2.03. The van der Waals surface area contributed by atoms with Crippen LogP contribution in [0.3, 0.4) is 0 Å². The molecule has 14 heavy (non-hydrogen) atoms. The molecule has 0 unspecified atom stereocenters. The van der Waals surface area contributed by atoms with Gasteiger partial charge in [0.15, 0.2) is 0 Å². The maximum Gasteiger partial charge on any atom is 0.287 e. The molecule has 5 heteroatoms. The molecular weight excluding hydrogens is 204 g/mol. The molecule has 4 nitrogen and oxygen atoms in total. The lowest BCUT2D eigenvalue weighted by Crippen LogP contribution is -1.89. The Morgan fingerprint density at radius 3 is 2.86 bits per heavy atom. The largest absolute Gasteiger partial charge is 0.287 e. The van der Waals surface area contributed by atoms with Crippen LogP contribution in [0, 0.1) is 22.0 Å². The van der Waals surface area contributed by atoms with Crippen LogP contribution in [0.2, 0.25) is 0 Å². The van der Waals surface area contributed by atoms with E-state index in [1.165, 1.54) is 18.3 Å². The molecule has 0 saturated carbocycles. The summed E-state index contributed by atoms with van der Waals surface area (Å²) < 4.78 is 0. The summed E-state index contributed by atoms with van der Waals surface area (Å²) in [7, 11) is 0. The van der Waals surface area contributed by atoms with Gasteiger partial charge in [0.1, 0.15) is 11.9 Å². The average molecular weight is 211 g/mol. The van der Waals surface area contributed by atoms with Gasteiger partial charge in [-0.1, -0.05) is 5.92 Å². The van der Waals surface area contributed by atoms with Crippen LogP contribution in [0.5, 0.6) is 0 Å². The Kier molecular flexibility index (Phi) is 3.89. The number of pyridine rings is 1. The van der Waals surface area contributed by atoms with E-state index in [0.717, 1.165) is 0 Å². The number of hydrogen-bond donors (Lipinski definition) is 0. The van der Waals surface area contributed by atoms with Gasteiger partial charge in [0.25, 0.3) is 5.69 Å². The number of aromatic nitrogens is 1. The monoisotopic (exact) mass is 210 g/mol. The van der Waals surface area contributed by atoms with Crippen molar-refractivity contribution in [1.82, 2.24) is 4.98 Å². The van der Waals surface area contributed by atoms with Crippen LogP contribution < -0.4 is 0 Å². The minimum absolute atomic E-state index is 0.0344. The molecule has 0 spiro atoms. The van der Waals surface area contributed by atoms with Crippen LogP contribution in [0.25, 0.3) is 0 Å². The minimum Gasteiger partial charge on any atom is -0.258 e. The van der Waals surface area contributed by atoms with Crippen molar-refractivity contribution in [1.29, 1.82) is 0 Å². The highest BCUT2D eigenvalue weighted by Crippen LogP contribution is 2.07.